The highest BCUT2D eigenvalue weighted by atomic mass is 32.1. The maximum atomic E-state index is 5.31. The van der Waals surface area contributed by atoms with Gasteiger partial charge in [0.15, 0.2) is 0 Å². The van der Waals surface area contributed by atoms with Gasteiger partial charge in [-0.05, 0) is 24.3 Å². The van der Waals surface area contributed by atoms with E-state index in [4.69, 9.17) is 5.73 Å². The van der Waals surface area contributed by atoms with Gasteiger partial charge in [-0.1, -0.05) is 17.9 Å². The topological polar surface area (TPSA) is 38.9 Å². The van der Waals surface area contributed by atoms with Gasteiger partial charge in [0.05, 0.1) is 22.0 Å². The standard InChI is InChI=1S/C12H10N2S/c13-8-3-4-10-6-7-12(15-10)11-5-1-2-9-14-11/h1-2,5-7,9H,8,13H2. The minimum Gasteiger partial charge on any atom is -0.320 e. The number of hydrogen-bond acceptors (Lipinski definition) is 3. The van der Waals surface area contributed by atoms with E-state index in [1.165, 1.54) is 0 Å². The summed E-state index contributed by atoms with van der Waals surface area (Å²) in [5.74, 6) is 5.85. The van der Waals surface area contributed by atoms with Gasteiger partial charge in [0, 0.05) is 6.20 Å². The summed E-state index contributed by atoms with van der Waals surface area (Å²) < 4.78 is 0. The number of nitrogens with zero attached hydrogens (tertiary/aromatic N) is 1. The van der Waals surface area contributed by atoms with E-state index in [1.54, 1.807) is 17.5 Å². The summed E-state index contributed by atoms with van der Waals surface area (Å²) in [5.41, 5.74) is 6.30. The second-order valence-electron chi connectivity index (χ2n) is 2.88. The molecule has 0 amide bonds. The fourth-order valence-corrected chi connectivity index (χ4v) is 2.05. The highest BCUT2D eigenvalue weighted by Crippen LogP contribution is 2.25. The number of pyridine rings is 1. The lowest BCUT2D eigenvalue weighted by molar-refractivity contribution is 1.30. The second kappa shape index (κ2) is 4.74. The Bertz CT molecular complexity index is 491. The quantitative estimate of drug-likeness (QED) is 0.738. The van der Waals surface area contributed by atoms with E-state index < -0.39 is 0 Å². The number of aromatic nitrogens is 1. The summed E-state index contributed by atoms with van der Waals surface area (Å²) in [4.78, 5) is 6.44. The van der Waals surface area contributed by atoms with Crippen molar-refractivity contribution in [2.24, 2.45) is 5.73 Å². The normalized spacial score (nSPS) is 9.40. The third kappa shape index (κ3) is 2.44. The molecule has 0 bridgehead atoms. The molecule has 3 heteroatoms. The molecule has 74 valence electrons. The molecule has 0 atom stereocenters. The van der Waals surface area contributed by atoms with E-state index >= 15 is 0 Å². The van der Waals surface area contributed by atoms with E-state index in [0.717, 1.165) is 15.4 Å². The van der Waals surface area contributed by atoms with Gasteiger partial charge < -0.3 is 5.73 Å². The van der Waals surface area contributed by atoms with Crippen LogP contribution in [-0.2, 0) is 0 Å². The number of thiophene rings is 1. The lowest BCUT2D eigenvalue weighted by atomic mass is 10.3. The van der Waals surface area contributed by atoms with Crippen LogP contribution >= 0.6 is 11.3 Å². The van der Waals surface area contributed by atoms with Crippen LogP contribution < -0.4 is 5.73 Å². The fourth-order valence-electron chi connectivity index (χ4n) is 1.19. The Hall–Kier alpha value is -1.63. The predicted molar refractivity (Wildman–Crippen MR) is 63.5 cm³/mol. The van der Waals surface area contributed by atoms with Gasteiger partial charge in [-0.25, -0.2) is 0 Å². The molecule has 0 unspecified atom stereocenters. The number of hydrogen-bond donors (Lipinski definition) is 1. The highest BCUT2D eigenvalue weighted by molar-refractivity contribution is 7.16. The van der Waals surface area contributed by atoms with Crippen molar-refractivity contribution in [3.05, 3.63) is 41.4 Å². The first-order chi connectivity index (χ1) is 7.40. The van der Waals surface area contributed by atoms with E-state index in [-0.39, 0.29) is 0 Å². The van der Waals surface area contributed by atoms with Gasteiger partial charge in [0.25, 0.3) is 0 Å². The van der Waals surface area contributed by atoms with Crippen molar-refractivity contribution < 1.29 is 0 Å². The summed E-state index contributed by atoms with van der Waals surface area (Å²) in [6.07, 6.45) is 1.79. The summed E-state index contributed by atoms with van der Waals surface area (Å²) in [6.45, 7) is 0.400. The van der Waals surface area contributed by atoms with Gasteiger partial charge in [-0.2, -0.15) is 0 Å². The van der Waals surface area contributed by atoms with Gasteiger partial charge in [0.1, 0.15) is 0 Å². The van der Waals surface area contributed by atoms with E-state index in [9.17, 15) is 0 Å². The summed E-state index contributed by atoms with van der Waals surface area (Å²) in [6, 6.07) is 9.91. The number of nitrogens with two attached hydrogens (primary N) is 1. The van der Waals surface area contributed by atoms with Crippen LogP contribution in [0.5, 0.6) is 0 Å². The predicted octanol–water partition coefficient (Wildman–Crippen LogP) is 2.12. The molecule has 0 aromatic carbocycles. The molecule has 2 N–H and O–H groups in total. The van der Waals surface area contributed by atoms with Crippen molar-refractivity contribution in [1.29, 1.82) is 0 Å². The first-order valence-corrected chi connectivity index (χ1v) is 5.42. The Morgan fingerprint density at radius 1 is 1.27 bits per heavy atom. The maximum absolute atomic E-state index is 5.31. The molecular weight excluding hydrogens is 204 g/mol. The van der Waals surface area contributed by atoms with Crippen LogP contribution in [0.3, 0.4) is 0 Å². The Labute approximate surface area is 92.8 Å². The van der Waals surface area contributed by atoms with Crippen molar-refractivity contribution in [3.8, 4) is 22.4 Å². The molecule has 0 saturated heterocycles. The highest BCUT2D eigenvalue weighted by Gasteiger charge is 2.00. The monoisotopic (exact) mass is 214 g/mol. The van der Waals surface area contributed by atoms with E-state index in [2.05, 4.69) is 16.8 Å². The Balaban J connectivity index is 2.28. The third-order valence-corrected chi connectivity index (χ3v) is 2.86. The minimum atomic E-state index is 0.400. The third-order valence-electron chi connectivity index (χ3n) is 1.84. The molecule has 2 rings (SSSR count). The zero-order valence-corrected chi connectivity index (χ0v) is 8.92. The molecule has 2 aromatic heterocycles. The molecule has 0 aliphatic carbocycles. The van der Waals surface area contributed by atoms with Gasteiger partial charge in [-0.15, -0.1) is 11.3 Å². The van der Waals surface area contributed by atoms with Crippen molar-refractivity contribution >= 4 is 11.3 Å². The molecular formula is C12H10N2S. The summed E-state index contributed by atoms with van der Waals surface area (Å²) in [7, 11) is 0. The molecule has 2 nitrogen and oxygen atoms in total. The zero-order chi connectivity index (χ0) is 10.5. The van der Waals surface area contributed by atoms with E-state index in [0.29, 0.717) is 6.54 Å². The largest absolute Gasteiger partial charge is 0.320 e. The van der Waals surface area contributed by atoms with Crippen molar-refractivity contribution in [3.63, 3.8) is 0 Å². The van der Waals surface area contributed by atoms with Crippen molar-refractivity contribution in [2.75, 3.05) is 6.54 Å². The summed E-state index contributed by atoms with van der Waals surface area (Å²) in [5, 5.41) is 0. The average Bonchev–Trinajstić information content (AvgIpc) is 2.76. The van der Waals surface area contributed by atoms with Crippen LogP contribution in [0.15, 0.2) is 36.5 Å². The van der Waals surface area contributed by atoms with Crippen LogP contribution in [0.4, 0.5) is 0 Å². The molecule has 15 heavy (non-hydrogen) atoms. The molecule has 0 saturated carbocycles. The second-order valence-corrected chi connectivity index (χ2v) is 3.97. The molecule has 0 aliphatic rings. The molecule has 0 fully saturated rings. The molecule has 2 aromatic rings. The molecule has 0 aliphatic heterocycles. The summed E-state index contributed by atoms with van der Waals surface area (Å²) >= 11 is 1.63. The van der Waals surface area contributed by atoms with E-state index in [1.807, 2.05) is 30.3 Å². The maximum Gasteiger partial charge on any atom is 0.0802 e. The van der Waals surface area contributed by atoms with Gasteiger partial charge >= 0.3 is 0 Å². The first kappa shape index (κ1) is 9.91. The first-order valence-electron chi connectivity index (χ1n) is 4.60. The Morgan fingerprint density at radius 2 is 2.20 bits per heavy atom. The molecule has 2 heterocycles. The van der Waals surface area contributed by atoms with Crippen molar-refractivity contribution in [1.82, 2.24) is 4.98 Å². The fraction of sp³-hybridized carbons (Fsp3) is 0.0833. The smallest absolute Gasteiger partial charge is 0.0802 e. The van der Waals surface area contributed by atoms with Gasteiger partial charge in [-0.3, -0.25) is 4.98 Å². The zero-order valence-electron chi connectivity index (χ0n) is 8.10. The van der Waals surface area contributed by atoms with Crippen LogP contribution in [0.1, 0.15) is 4.88 Å². The number of rotatable bonds is 1. The van der Waals surface area contributed by atoms with Crippen LogP contribution in [0.2, 0.25) is 0 Å². The van der Waals surface area contributed by atoms with Crippen LogP contribution in [-0.4, -0.2) is 11.5 Å². The Kier molecular flexibility index (Phi) is 3.13. The van der Waals surface area contributed by atoms with Gasteiger partial charge in [0.2, 0.25) is 0 Å². The van der Waals surface area contributed by atoms with Crippen LogP contribution in [0, 0.1) is 11.8 Å². The molecule has 0 radical (unpaired) electrons. The lowest BCUT2D eigenvalue weighted by Gasteiger charge is -1.92. The van der Waals surface area contributed by atoms with Crippen LogP contribution in [0.25, 0.3) is 10.6 Å². The molecule has 0 spiro atoms. The average molecular weight is 214 g/mol. The SMILES string of the molecule is NCC#Cc1ccc(-c2ccccn2)s1. The lowest BCUT2D eigenvalue weighted by Crippen LogP contribution is -1.92. The minimum absolute atomic E-state index is 0.400. The Morgan fingerprint density at radius 3 is 2.93 bits per heavy atom. The van der Waals surface area contributed by atoms with Crippen molar-refractivity contribution in [2.45, 2.75) is 0 Å².